The zero-order valence-corrected chi connectivity index (χ0v) is 24.7. The zero-order valence-electron chi connectivity index (χ0n) is 24.7. The van der Waals surface area contributed by atoms with Gasteiger partial charge in [0.2, 0.25) is 0 Å². The van der Waals surface area contributed by atoms with E-state index < -0.39 is 0 Å². The summed E-state index contributed by atoms with van der Waals surface area (Å²) in [5.41, 5.74) is 3.22. The molecule has 5 heterocycles. The highest BCUT2D eigenvalue weighted by atomic mass is 16.1. The van der Waals surface area contributed by atoms with Crippen molar-refractivity contribution in [3.8, 4) is 11.3 Å². The maximum atomic E-state index is 13.4. The van der Waals surface area contributed by atoms with Crippen LogP contribution in [0, 0.1) is 6.92 Å². The van der Waals surface area contributed by atoms with Crippen molar-refractivity contribution in [1.29, 1.82) is 0 Å². The summed E-state index contributed by atoms with van der Waals surface area (Å²) in [4.78, 5) is 33.9. The van der Waals surface area contributed by atoms with Crippen LogP contribution in [0.5, 0.6) is 0 Å². The van der Waals surface area contributed by atoms with Crippen molar-refractivity contribution < 1.29 is 4.79 Å². The van der Waals surface area contributed by atoms with Crippen molar-refractivity contribution >= 4 is 91.2 Å². The third-order valence-corrected chi connectivity index (χ3v) is 10.3. The molecule has 1 amide bonds. The van der Waals surface area contributed by atoms with Crippen LogP contribution in [0.1, 0.15) is 16.2 Å². The Balaban J connectivity index is 1.45. The SMILES string of the molecule is BC1(B)N(c2cc(C(=O)Nc3cc4cc(-c5cnc(C)n5C)cnc4cn3)ccn2)C(B)(B)C(B)(B)C1(B)B. The van der Waals surface area contributed by atoms with Crippen LogP contribution in [0.4, 0.5) is 11.6 Å². The highest BCUT2D eigenvalue weighted by Crippen LogP contribution is 2.63. The number of aryl methyl sites for hydroxylation is 1. The molecule has 5 rings (SSSR count). The molecular weight excluding hydrogens is 477 g/mol. The molecular formula is C23H31B8N7O. The van der Waals surface area contributed by atoms with Gasteiger partial charge in [-0.15, -0.1) is 0 Å². The van der Waals surface area contributed by atoms with Gasteiger partial charge in [0.05, 0.1) is 55.0 Å². The van der Waals surface area contributed by atoms with Gasteiger partial charge >= 0.3 is 0 Å². The first-order chi connectivity index (χ1) is 18.1. The Bertz CT molecular complexity index is 1600. The number of amides is 1. The number of fused-ring (bicyclic) bond motifs is 1. The Morgan fingerprint density at radius 1 is 0.846 bits per heavy atom. The molecule has 0 saturated carbocycles. The number of carbonyl (C=O) groups is 1. The lowest BCUT2D eigenvalue weighted by atomic mass is 9.17. The van der Waals surface area contributed by atoms with Gasteiger partial charge in [0, 0.05) is 36.0 Å². The fraction of sp³-hybridized carbons (Fsp3) is 0.261. The summed E-state index contributed by atoms with van der Waals surface area (Å²) in [6.07, 6.45) is 7.06. The molecule has 0 spiro atoms. The summed E-state index contributed by atoms with van der Waals surface area (Å²) >= 11 is 0. The number of aromatic nitrogens is 5. The van der Waals surface area contributed by atoms with Crippen molar-refractivity contribution in [1.82, 2.24) is 24.5 Å². The summed E-state index contributed by atoms with van der Waals surface area (Å²) < 4.78 is 2.03. The van der Waals surface area contributed by atoms with E-state index in [1.165, 1.54) is 0 Å². The molecule has 0 bridgehead atoms. The smallest absolute Gasteiger partial charge is 0.257 e. The molecule has 8 nitrogen and oxygen atoms in total. The zero-order chi connectivity index (χ0) is 28.5. The van der Waals surface area contributed by atoms with E-state index in [0.29, 0.717) is 11.4 Å². The fourth-order valence-electron chi connectivity index (χ4n) is 6.24. The standard InChI is InChI=1S/C23H31B8N7O/c1-11-33-10-16(37(11)2)14-5-13-6-17(35-9-15(13)34-8-14)36-19(39)12-3-4-32-18(7-12)38-22(28,29)20(24,25)21(26,27)23(38,30)31/h3-10H,24-31H2,1-2H3,(H,35,36,39). The Morgan fingerprint density at radius 3 is 2.13 bits per heavy atom. The van der Waals surface area contributed by atoms with Crippen molar-refractivity contribution in [2.75, 3.05) is 10.2 Å². The lowest BCUT2D eigenvalue weighted by Gasteiger charge is -2.46. The van der Waals surface area contributed by atoms with Crippen LogP contribution in [0.25, 0.3) is 22.2 Å². The van der Waals surface area contributed by atoms with E-state index in [0.717, 1.165) is 33.8 Å². The monoisotopic (exact) mass is 509 g/mol. The van der Waals surface area contributed by atoms with Gasteiger partial charge in [0.1, 0.15) is 48.8 Å². The Morgan fingerprint density at radius 2 is 1.51 bits per heavy atom. The molecule has 1 fully saturated rings. The van der Waals surface area contributed by atoms with Crippen LogP contribution < -0.4 is 10.2 Å². The van der Waals surface area contributed by atoms with Crippen molar-refractivity contribution in [2.45, 2.75) is 28.0 Å². The number of hydrogen-bond donors (Lipinski definition) is 1. The average molecular weight is 508 g/mol. The summed E-state index contributed by atoms with van der Waals surface area (Å²) in [6.45, 7) is 1.97. The molecule has 4 aromatic rings. The van der Waals surface area contributed by atoms with E-state index in [1.807, 2.05) is 49.1 Å². The molecule has 1 saturated heterocycles. The van der Waals surface area contributed by atoms with E-state index in [4.69, 9.17) is 4.98 Å². The minimum atomic E-state index is -0.231. The second-order valence-corrected chi connectivity index (χ2v) is 12.8. The van der Waals surface area contributed by atoms with E-state index in [9.17, 15) is 4.79 Å². The lowest BCUT2D eigenvalue weighted by molar-refractivity contribution is 0.102. The summed E-state index contributed by atoms with van der Waals surface area (Å²) in [5, 5.41) is 3.44. The highest BCUT2D eigenvalue weighted by Gasteiger charge is 2.65. The minimum absolute atomic E-state index is 0.0144. The molecule has 1 aliphatic rings. The van der Waals surface area contributed by atoms with E-state index in [1.54, 1.807) is 18.5 Å². The molecule has 188 valence electrons. The first kappa shape index (κ1) is 27.3. The van der Waals surface area contributed by atoms with Crippen molar-refractivity contribution in [3.63, 3.8) is 0 Å². The lowest BCUT2D eigenvalue weighted by Crippen LogP contribution is -2.60. The van der Waals surface area contributed by atoms with Gasteiger partial charge in [0.15, 0.2) is 0 Å². The molecule has 4 aromatic heterocycles. The number of rotatable bonds is 4. The number of pyridine rings is 3. The summed E-state index contributed by atoms with van der Waals surface area (Å²) in [5.74, 6) is 1.96. The largest absolute Gasteiger partial charge is 0.379 e. The van der Waals surface area contributed by atoms with Crippen LogP contribution in [-0.2, 0) is 7.05 Å². The molecule has 0 aromatic carbocycles. The summed E-state index contributed by atoms with van der Waals surface area (Å²) in [7, 11) is 20.4. The van der Waals surface area contributed by atoms with Crippen molar-refractivity contribution in [2.24, 2.45) is 7.05 Å². The molecule has 0 radical (unpaired) electrons. The molecule has 1 aliphatic heterocycles. The van der Waals surface area contributed by atoms with Crippen LogP contribution in [-0.4, -0.2) is 104 Å². The predicted octanol–water partition coefficient (Wildman–Crippen LogP) is -4.59. The van der Waals surface area contributed by atoms with E-state index >= 15 is 0 Å². The third-order valence-electron chi connectivity index (χ3n) is 10.3. The second-order valence-electron chi connectivity index (χ2n) is 12.8. The van der Waals surface area contributed by atoms with Crippen LogP contribution in [0.3, 0.4) is 0 Å². The molecule has 16 heteroatoms. The Hall–Kier alpha value is -3.29. The number of imidazole rings is 1. The van der Waals surface area contributed by atoms with Gasteiger partial charge in [-0.05, 0) is 41.9 Å². The van der Waals surface area contributed by atoms with Crippen LogP contribution >= 0.6 is 0 Å². The van der Waals surface area contributed by atoms with Gasteiger partial charge in [-0.25, -0.2) is 15.0 Å². The Labute approximate surface area is 237 Å². The van der Waals surface area contributed by atoms with Crippen molar-refractivity contribution in [3.05, 3.63) is 60.4 Å². The van der Waals surface area contributed by atoms with Gasteiger partial charge in [-0.1, -0.05) is 10.4 Å². The van der Waals surface area contributed by atoms with E-state index in [2.05, 4.69) is 87.9 Å². The molecule has 0 unspecified atom stereocenters. The average Bonchev–Trinajstić information content (AvgIpc) is 3.23. The third kappa shape index (κ3) is 3.97. The maximum absolute atomic E-state index is 13.4. The van der Waals surface area contributed by atoms with Gasteiger partial charge in [0.25, 0.3) is 5.91 Å². The predicted molar refractivity (Wildman–Crippen MR) is 180 cm³/mol. The molecule has 0 atom stereocenters. The maximum Gasteiger partial charge on any atom is 0.257 e. The van der Waals surface area contributed by atoms with Crippen LogP contribution in [0.2, 0.25) is 10.4 Å². The molecule has 0 aliphatic carbocycles. The number of nitrogens with one attached hydrogen (secondary N) is 1. The quantitative estimate of drug-likeness (QED) is 0.280. The molecule has 39 heavy (non-hydrogen) atoms. The summed E-state index contributed by atoms with van der Waals surface area (Å²) in [6, 6.07) is 7.53. The fourth-order valence-corrected chi connectivity index (χ4v) is 6.24. The topological polar surface area (TPSA) is 88.8 Å². The minimum Gasteiger partial charge on any atom is -0.379 e. The number of nitrogens with zero attached hydrogens (tertiary/aromatic N) is 6. The Kier molecular flexibility index (Phi) is 6.20. The second kappa shape index (κ2) is 8.86. The first-order valence-corrected chi connectivity index (χ1v) is 13.4. The number of carbonyl (C=O) groups excluding carboxylic acids is 1. The number of anilines is 2. The highest BCUT2D eigenvalue weighted by molar-refractivity contribution is 6.69. The van der Waals surface area contributed by atoms with Gasteiger partial charge in [-0.3, -0.25) is 9.78 Å². The first-order valence-electron chi connectivity index (χ1n) is 13.4. The molecule has 1 N–H and O–H groups in total. The number of hydrogen-bond acceptors (Lipinski definition) is 6. The van der Waals surface area contributed by atoms with E-state index in [-0.39, 0.29) is 27.0 Å². The van der Waals surface area contributed by atoms with Crippen LogP contribution in [0.15, 0.2) is 49.1 Å². The normalized spacial score (nSPS) is 18.7. The van der Waals surface area contributed by atoms with Gasteiger partial charge < -0.3 is 14.8 Å². The van der Waals surface area contributed by atoms with Gasteiger partial charge in [-0.2, -0.15) is 0 Å².